The van der Waals surface area contributed by atoms with Crippen molar-refractivity contribution < 1.29 is 14.3 Å². The first kappa shape index (κ1) is 12.9. The molecule has 0 atom stereocenters. The summed E-state index contributed by atoms with van der Waals surface area (Å²) in [6, 6.07) is 5.51. The normalized spacial score (nSPS) is 10.0. The lowest BCUT2D eigenvalue weighted by atomic mass is 10.2. The molecule has 0 saturated carbocycles. The van der Waals surface area contributed by atoms with Crippen LogP contribution in [0.3, 0.4) is 0 Å². The Balaban J connectivity index is 1.93. The van der Waals surface area contributed by atoms with Gasteiger partial charge in [-0.3, -0.25) is 10.1 Å². The second kappa shape index (κ2) is 5.90. The van der Waals surface area contributed by atoms with Gasteiger partial charge in [-0.2, -0.15) is 0 Å². The quantitative estimate of drug-likeness (QED) is 0.859. The Morgan fingerprint density at radius 1 is 1.42 bits per heavy atom. The van der Waals surface area contributed by atoms with E-state index in [1.165, 1.54) is 0 Å². The molecule has 6 heteroatoms. The van der Waals surface area contributed by atoms with Crippen LogP contribution in [0.15, 0.2) is 30.6 Å². The monoisotopic (exact) mass is 261 g/mol. The van der Waals surface area contributed by atoms with Crippen LogP contribution in [-0.4, -0.2) is 29.6 Å². The van der Waals surface area contributed by atoms with Gasteiger partial charge >= 0.3 is 0 Å². The molecule has 2 N–H and O–H groups in total. The fourth-order valence-corrected chi connectivity index (χ4v) is 1.54. The van der Waals surface area contributed by atoms with Crippen LogP contribution in [0.4, 0.5) is 5.95 Å². The molecule has 1 aromatic heterocycles. The lowest BCUT2D eigenvalue weighted by Crippen LogP contribution is -2.21. The molecule has 0 aliphatic carbocycles. The number of anilines is 1. The van der Waals surface area contributed by atoms with Gasteiger partial charge in [0.2, 0.25) is 5.95 Å². The lowest BCUT2D eigenvalue weighted by Gasteiger charge is -2.10. The number of nitrogens with zero attached hydrogens (tertiary/aromatic N) is 1. The molecule has 0 saturated heterocycles. The predicted octanol–water partition coefficient (Wildman–Crippen LogP) is 1.74. The molecule has 1 aromatic carbocycles. The van der Waals surface area contributed by atoms with Crippen molar-refractivity contribution in [3.63, 3.8) is 0 Å². The topological polar surface area (TPSA) is 76.2 Å². The average Bonchev–Trinajstić information content (AvgIpc) is 2.90. The molecule has 0 unspecified atom stereocenters. The van der Waals surface area contributed by atoms with Gasteiger partial charge in [-0.05, 0) is 24.6 Å². The van der Waals surface area contributed by atoms with Gasteiger partial charge in [0, 0.05) is 12.4 Å². The molecular formula is C13H15N3O3. The van der Waals surface area contributed by atoms with E-state index in [4.69, 9.17) is 9.47 Å². The van der Waals surface area contributed by atoms with Gasteiger partial charge < -0.3 is 14.5 Å². The third kappa shape index (κ3) is 3.48. The SMILES string of the molecule is COc1cc(C)ccc1OCC(=O)Nc1ncc[nH]1. The summed E-state index contributed by atoms with van der Waals surface area (Å²) < 4.78 is 10.6. The Morgan fingerprint density at radius 2 is 2.26 bits per heavy atom. The zero-order valence-corrected chi connectivity index (χ0v) is 10.8. The Morgan fingerprint density at radius 3 is 2.95 bits per heavy atom. The molecule has 0 aliphatic heterocycles. The second-order valence-electron chi connectivity index (χ2n) is 3.93. The molecule has 100 valence electrons. The number of amides is 1. The second-order valence-corrected chi connectivity index (χ2v) is 3.93. The molecule has 1 amide bonds. The van der Waals surface area contributed by atoms with E-state index in [-0.39, 0.29) is 12.5 Å². The molecule has 0 fully saturated rings. The van der Waals surface area contributed by atoms with E-state index < -0.39 is 0 Å². The highest BCUT2D eigenvalue weighted by Gasteiger charge is 2.08. The largest absolute Gasteiger partial charge is 0.493 e. The first-order chi connectivity index (χ1) is 9.19. The summed E-state index contributed by atoms with van der Waals surface area (Å²) in [4.78, 5) is 18.3. The van der Waals surface area contributed by atoms with E-state index in [2.05, 4.69) is 15.3 Å². The van der Waals surface area contributed by atoms with Gasteiger partial charge in [0.1, 0.15) is 0 Å². The summed E-state index contributed by atoms with van der Waals surface area (Å²) >= 11 is 0. The number of aromatic nitrogens is 2. The van der Waals surface area contributed by atoms with Crippen LogP contribution >= 0.6 is 0 Å². The standard InChI is InChI=1S/C13H15N3O3/c1-9-3-4-10(11(7-9)18-2)19-8-12(17)16-13-14-5-6-15-13/h3-7H,8H2,1-2H3,(H2,14,15,16,17). The van der Waals surface area contributed by atoms with Crippen molar-refractivity contribution >= 4 is 11.9 Å². The zero-order valence-electron chi connectivity index (χ0n) is 10.8. The van der Waals surface area contributed by atoms with Gasteiger partial charge in [0.15, 0.2) is 18.1 Å². The van der Waals surface area contributed by atoms with E-state index >= 15 is 0 Å². The van der Waals surface area contributed by atoms with Crippen molar-refractivity contribution in [2.75, 3.05) is 19.0 Å². The molecule has 2 aromatic rings. The summed E-state index contributed by atoms with van der Waals surface area (Å²) in [5, 5.41) is 2.57. The first-order valence-electron chi connectivity index (χ1n) is 5.75. The van der Waals surface area contributed by atoms with Crippen molar-refractivity contribution in [1.82, 2.24) is 9.97 Å². The van der Waals surface area contributed by atoms with Crippen LogP contribution in [-0.2, 0) is 4.79 Å². The maximum Gasteiger partial charge on any atom is 0.264 e. The minimum absolute atomic E-state index is 0.111. The number of benzene rings is 1. The number of nitrogens with one attached hydrogen (secondary N) is 2. The van der Waals surface area contributed by atoms with Crippen LogP contribution in [0.1, 0.15) is 5.56 Å². The van der Waals surface area contributed by atoms with Crippen LogP contribution < -0.4 is 14.8 Å². The summed E-state index contributed by atoms with van der Waals surface area (Å²) in [6.45, 7) is 1.84. The van der Waals surface area contributed by atoms with Gasteiger partial charge in [0.05, 0.1) is 7.11 Å². The van der Waals surface area contributed by atoms with Gasteiger partial charge in [-0.25, -0.2) is 4.98 Å². The number of imidazole rings is 1. The van der Waals surface area contributed by atoms with E-state index in [9.17, 15) is 4.79 Å². The Labute approximate surface area is 110 Å². The van der Waals surface area contributed by atoms with Crippen LogP contribution in [0.2, 0.25) is 0 Å². The maximum atomic E-state index is 11.6. The Kier molecular flexibility index (Phi) is 4.02. The number of hydrogen-bond donors (Lipinski definition) is 2. The van der Waals surface area contributed by atoms with Crippen LogP contribution in [0.5, 0.6) is 11.5 Å². The molecule has 0 bridgehead atoms. The third-order valence-electron chi connectivity index (χ3n) is 2.43. The van der Waals surface area contributed by atoms with Crippen molar-refractivity contribution in [2.45, 2.75) is 6.92 Å². The molecule has 1 heterocycles. The molecule has 0 aliphatic rings. The number of ether oxygens (including phenoxy) is 2. The summed E-state index contributed by atoms with van der Waals surface area (Å²) in [5.41, 5.74) is 1.06. The highest BCUT2D eigenvalue weighted by Crippen LogP contribution is 2.27. The minimum atomic E-state index is -0.294. The molecule has 2 rings (SSSR count). The van der Waals surface area contributed by atoms with E-state index in [0.29, 0.717) is 17.4 Å². The minimum Gasteiger partial charge on any atom is -0.493 e. The van der Waals surface area contributed by atoms with Crippen molar-refractivity contribution in [1.29, 1.82) is 0 Å². The molecule has 19 heavy (non-hydrogen) atoms. The van der Waals surface area contributed by atoms with Gasteiger partial charge in [-0.15, -0.1) is 0 Å². The average molecular weight is 261 g/mol. The fraction of sp³-hybridized carbons (Fsp3) is 0.231. The molecule has 0 radical (unpaired) electrons. The van der Waals surface area contributed by atoms with Gasteiger partial charge in [-0.1, -0.05) is 6.07 Å². The number of H-pyrrole nitrogens is 1. The number of hydrogen-bond acceptors (Lipinski definition) is 4. The van der Waals surface area contributed by atoms with E-state index in [1.807, 2.05) is 19.1 Å². The summed E-state index contributed by atoms with van der Waals surface area (Å²) in [6.07, 6.45) is 3.18. The highest BCUT2D eigenvalue weighted by atomic mass is 16.5. The number of methoxy groups -OCH3 is 1. The highest BCUT2D eigenvalue weighted by molar-refractivity contribution is 5.90. The fourth-order valence-electron chi connectivity index (χ4n) is 1.54. The zero-order chi connectivity index (χ0) is 13.7. The summed E-state index contributed by atoms with van der Waals surface area (Å²) in [5.74, 6) is 1.23. The Bertz CT molecular complexity index is 552. The third-order valence-corrected chi connectivity index (χ3v) is 2.43. The Hall–Kier alpha value is -2.50. The molecular weight excluding hydrogens is 246 g/mol. The predicted molar refractivity (Wildman–Crippen MR) is 70.4 cm³/mol. The number of aromatic amines is 1. The summed E-state index contributed by atoms with van der Waals surface area (Å²) in [7, 11) is 1.56. The van der Waals surface area contributed by atoms with Crippen molar-refractivity contribution in [3.8, 4) is 11.5 Å². The number of carbonyl (C=O) groups is 1. The smallest absolute Gasteiger partial charge is 0.264 e. The van der Waals surface area contributed by atoms with E-state index in [1.54, 1.807) is 25.6 Å². The van der Waals surface area contributed by atoms with Crippen LogP contribution in [0, 0.1) is 6.92 Å². The molecule has 0 spiro atoms. The van der Waals surface area contributed by atoms with E-state index in [0.717, 1.165) is 5.56 Å². The number of rotatable bonds is 5. The van der Waals surface area contributed by atoms with Crippen LogP contribution in [0.25, 0.3) is 0 Å². The molecule has 6 nitrogen and oxygen atoms in total. The van der Waals surface area contributed by atoms with Crippen molar-refractivity contribution in [2.24, 2.45) is 0 Å². The van der Waals surface area contributed by atoms with Crippen molar-refractivity contribution in [3.05, 3.63) is 36.2 Å². The first-order valence-corrected chi connectivity index (χ1v) is 5.75. The lowest BCUT2D eigenvalue weighted by molar-refractivity contribution is -0.118. The maximum absolute atomic E-state index is 11.6. The van der Waals surface area contributed by atoms with Gasteiger partial charge in [0.25, 0.3) is 5.91 Å². The number of aryl methyl sites for hydroxylation is 1. The number of carbonyl (C=O) groups excluding carboxylic acids is 1.